The Morgan fingerprint density at radius 1 is 1.31 bits per heavy atom. The Balaban J connectivity index is 1.97. The predicted octanol–water partition coefficient (Wildman–Crippen LogP) is 2.09. The minimum atomic E-state index is 0.390. The van der Waals surface area contributed by atoms with Crippen molar-refractivity contribution in [3.8, 4) is 0 Å². The van der Waals surface area contributed by atoms with E-state index in [2.05, 4.69) is 27.4 Å². The molecule has 2 aromatic heterocycles. The number of anilines is 1. The number of pyridine rings is 1. The molecule has 0 aliphatic carbocycles. The van der Waals surface area contributed by atoms with Crippen LogP contribution in [0.2, 0.25) is 0 Å². The van der Waals surface area contributed by atoms with E-state index in [4.69, 9.17) is 5.73 Å². The normalized spacial score (nSPS) is 21.4. The van der Waals surface area contributed by atoms with Crippen molar-refractivity contribution in [3.63, 3.8) is 0 Å². The van der Waals surface area contributed by atoms with Crippen LogP contribution in [-0.4, -0.2) is 16.5 Å². The first-order valence-corrected chi connectivity index (χ1v) is 6.41. The quantitative estimate of drug-likeness (QED) is 0.793. The van der Waals surface area contributed by atoms with Crippen molar-refractivity contribution in [1.29, 1.82) is 0 Å². The maximum absolute atomic E-state index is 5.67. The highest BCUT2D eigenvalue weighted by molar-refractivity contribution is 7.21. The third-order valence-electron chi connectivity index (χ3n) is 2.96. The van der Waals surface area contributed by atoms with Crippen LogP contribution >= 0.6 is 11.3 Å². The zero-order valence-electron chi connectivity index (χ0n) is 8.94. The first-order valence-electron chi connectivity index (χ1n) is 5.59. The lowest BCUT2D eigenvalue weighted by Crippen LogP contribution is -2.27. The number of nitrogens with two attached hydrogens (primary N) is 1. The molecule has 1 aliphatic rings. The van der Waals surface area contributed by atoms with Crippen molar-refractivity contribution < 1.29 is 0 Å². The lowest BCUT2D eigenvalue weighted by Gasteiger charge is -2.22. The second-order valence-corrected chi connectivity index (χ2v) is 5.17. The number of piperidine rings is 1. The molecule has 1 saturated heterocycles. The molecule has 2 aromatic rings. The lowest BCUT2D eigenvalue weighted by atomic mass is 10.0. The van der Waals surface area contributed by atoms with Gasteiger partial charge in [-0.1, -0.05) is 17.8 Å². The average Bonchev–Trinajstić information content (AvgIpc) is 2.69. The number of nitrogens with zero attached hydrogens (tertiary/aromatic N) is 2. The molecule has 3 N–H and O–H groups in total. The minimum Gasteiger partial charge on any atom is -0.375 e. The number of aromatic nitrogens is 2. The third kappa shape index (κ3) is 1.76. The van der Waals surface area contributed by atoms with Gasteiger partial charge in [-0.3, -0.25) is 0 Å². The molecule has 0 unspecified atom stereocenters. The van der Waals surface area contributed by atoms with Crippen LogP contribution < -0.4 is 11.1 Å². The number of fused-ring (bicyclic) bond motifs is 1. The SMILES string of the molecule is Nc1nc2nc([C@@H]3CCCCN3)ccc2s1. The van der Waals surface area contributed by atoms with Gasteiger partial charge in [0.15, 0.2) is 10.8 Å². The molecule has 16 heavy (non-hydrogen) atoms. The standard InChI is InChI=1S/C11H14N4S/c12-11-15-10-9(16-11)5-4-8(14-10)7-3-1-2-6-13-7/h4-5,7,13H,1-3,6H2,(H2,12,14,15)/t7-/m0/s1. The number of thiazole rings is 1. The molecule has 0 amide bonds. The Morgan fingerprint density at radius 2 is 2.25 bits per heavy atom. The number of nitrogen functional groups attached to an aromatic ring is 1. The van der Waals surface area contributed by atoms with Crippen molar-refractivity contribution >= 4 is 26.8 Å². The maximum atomic E-state index is 5.67. The second-order valence-electron chi connectivity index (χ2n) is 4.11. The second kappa shape index (κ2) is 3.99. The Kier molecular flexibility index (Phi) is 2.49. The van der Waals surface area contributed by atoms with E-state index in [0.717, 1.165) is 29.0 Å². The number of nitrogens with one attached hydrogen (secondary N) is 1. The van der Waals surface area contributed by atoms with Gasteiger partial charge in [0, 0.05) is 6.04 Å². The molecule has 1 aliphatic heterocycles. The third-order valence-corrected chi connectivity index (χ3v) is 3.80. The molecule has 3 rings (SSSR count). The highest BCUT2D eigenvalue weighted by Crippen LogP contribution is 2.26. The number of hydrogen-bond acceptors (Lipinski definition) is 5. The topological polar surface area (TPSA) is 63.8 Å². The first kappa shape index (κ1) is 9.99. The Bertz CT molecular complexity index is 502. The fraction of sp³-hybridized carbons (Fsp3) is 0.455. The summed E-state index contributed by atoms with van der Waals surface area (Å²) in [7, 11) is 0. The smallest absolute Gasteiger partial charge is 0.182 e. The first-order chi connectivity index (χ1) is 7.83. The van der Waals surface area contributed by atoms with E-state index in [0.29, 0.717) is 11.2 Å². The van der Waals surface area contributed by atoms with Crippen molar-refractivity contribution in [2.75, 3.05) is 12.3 Å². The lowest BCUT2D eigenvalue weighted by molar-refractivity contribution is 0.406. The zero-order chi connectivity index (χ0) is 11.0. The molecule has 0 radical (unpaired) electrons. The summed E-state index contributed by atoms with van der Waals surface area (Å²) in [6.45, 7) is 1.09. The predicted molar refractivity (Wildman–Crippen MR) is 66.4 cm³/mol. The Labute approximate surface area is 97.9 Å². The van der Waals surface area contributed by atoms with Gasteiger partial charge < -0.3 is 11.1 Å². The van der Waals surface area contributed by atoms with E-state index in [1.54, 1.807) is 0 Å². The molecule has 84 valence electrons. The fourth-order valence-corrected chi connectivity index (χ4v) is 2.82. The van der Waals surface area contributed by atoms with Crippen molar-refractivity contribution in [2.24, 2.45) is 0 Å². The summed E-state index contributed by atoms with van der Waals surface area (Å²) < 4.78 is 1.07. The molecular formula is C11H14N4S. The van der Waals surface area contributed by atoms with Gasteiger partial charge in [-0.15, -0.1) is 0 Å². The van der Waals surface area contributed by atoms with Crippen LogP contribution in [0.15, 0.2) is 12.1 Å². The van der Waals surface area contributed by atoms with E-state index in [9.17, 15) is 0 Å². The van der Waals surface area contributed by atoms with Gasteiger partial charge in [0.05, 0.1) is 10.4 Å². The van der Waals surface area contributed by atoms with E-state index >= 15 is 0 Å². The van der Waals surface area contributed by atoms with Gasteiger partial charge in [0.25, 0.3) is 0 Å². The van der Waals surface area contributed by atoms with Gasteiger partial charge in [-0.2, -0.15) is 0 Å². The van der Waals surface area contributed by atoms with E-state index < -0.39 is 0 Å². The van der Waals surface area contributed by atoms with Crippen LogP contribution in [0.1, 0.15) is 31.0 Å². The Hall–Kier alpha value is -1.20. The van der Waals surface area contributed by atoms with Crippen LogP contribution in [0.4, 0.5) is 5.13 Å². The highest BCUT2D eigenvalue weighted by atomic mass is 32.1. The summed E-state index contributed by atoms with van der Waals surface area (Å²) >= 11 is 1.49. The van der Waals surface area contributed by atoms with Crippen LogP contribution in [-0.2, 0) is 0 Å². The van der Waals surface area contributed by atoms with E-state index in [1.807, 2.05) is 0 Å². The fourth-order valence-electron chi connectivity index (χ4n) is 2.15. The summed E-state index contributed by atoms with van der Waals surface area (Å²) in [5.74, 6) is 0. The Morgan fingerprint density at radius 3 is 3.06 bits per heavy atom. The highest BCUT2D eigenvalue weighted by Gasteiger charge is 2.16. The summed E-state index contributed by atoms with van der Waals surface area (Å²) in [5, 5.41) is 4.08. The number of hydrogen-bond donors (Lipinski definition) is 2. The molecule has 4 nitrogen and oxygen atoms in total. The molecule has 0 spiro atoms. The van der Waals surface area contributed by atoms with Gasteiger partial charge in [-0.25, -0.2) is 9.97 Å². The van der Waals surface area contributed by atoms with Crippen LogP contribution in [0.5, 0.6) is 0 Å². The molecule has 0 aromatic carbocycles. The largest absolute Gasteiger partial charge is 0.375 e. The van der Waals surface area contributed by atoms with Gasteiger partial charge >= 0.3 is 0 Å². The summed E-state index contributed by atoms with van der Waals surface area (Å²) in [6.07, 6.45) is 3.71. The van der Waals surface area contributed by atoms with Crippen LogP contribution in [0.25, 0.3) is 10.3 Å². The monoisotopic (exact) mass is 234 g/mol. The molecule has 0 bridgehead atoms. The molecule has 3 heterocycles. The minimum absolute atomic E-state index is 0.390. The molecule has 0 saturated carbocycles. The zero-order valence-corrected chi connectivity index (χ0v) is 9.76. The van der Waals surface area contributed by atoms with Gasteiger partial charge in [-0.05, 0) is 31.5 Å². The van der Waals surface area contributed by atoms with Crippen molar-refractivity contribution in [2.45, 2.75) is 25.3 Å². The van der Waals surface area contributed by atoms with Crippen LogP contribution in [0, 0.1) is 0 Å². The maximum Gasteiger partial charge on any atom is 0.182 e. The molecule has 1 atom stereocenters. The van der Waals surface area contributed by atoms with Crippen molar-refractivity contribution in [3.05, 3.63) is 17.8 Å². The van der Waals surface area contributed by atoms with E-state index in [-0.39, 0.29) is 0 Å². The molecular weight excluding hydrogens is 220 g/mol. The summed E-state index contributed by atoms with van der Waals surface area (Å²) in [4.78, 5) is 8.80. The van der Waals surface area contributed by atoms with Crippen molar-refractivity contribution in [1.82, 2.24) is 15.3 Å². The number of rotatable bonds is 1. The van der Waals surface area contributed by atoms with E-state index in [1.165, 1.54) is 24.2 Å². The molecule has 5 heteroatoms. The summed E-state index contributed by atoms with van der Waals surface area (Å²) in [5.41, 5.74) is 7.55. The van der Waals surface area contributed by atoms with Gasteiger partial charge in [0.2, 0.25) is 0 Å². The average molecular weight is 234 g/mol. The summed E-state index contributed by atoms with van der Waals surface area (Å²) in [6, 6.07) is 4.55. The van der Waals surface area contributed by atoms with Crippen LogP contribution in [0.3, 0.4) is 0 Å². The molecule has 1 fully saturated rings. The van der Waals surface area contributed by atoms with Gasteiger partial charge in [0.1, 0.15) is 0 Å².